The number of piperidine rings is 1. The summed E-state index contributed by atoms with van der Waals surface area (Å²) in [6.45, 7) is 1.77. The standard InChI is InChI=1S/C15H22N2O.ClH/c1-17(12-10-13-7-3-2-4-8-13)15(18)14-9-5-6-11-16-14;/h2-4,7-8,14,16H,5-6,9-12H2,1H3;1H/t14-;/m1./s1. The fourth-order valence-electron chi connectivity index (χ4n) is 2.38. The minimum atomic E-state index is 0. The van der Waals surface area contributed by atoms with Gasteiger partial charge in [-0.15, -0.1) is 12.4 Å². The minimum absolute atomic E-state index is 0. The molecule has 1 saturated heterocycles. The molecule has 1 fully saturated rings. The molecule has 1 aromatic carbocycles. The van der Waals surface area contributed by atoms with Gasteiger partial charge in [-0.3, -0.25) is 4.79 Å². The highest BCUT2D eigenvalue weighted by atomic mass is 35.5. The van der Waals surface area contributed by atoms with Crippen LogP contribution in [0.1, 0.15) is 24.8 Å². The maximum absolute atomic E-state index is 12.2. The summed E-state index contributed by atoms with van der Waals surface area (Å²) in [5.74, 6) is 0.241. The number of halogens is 1. The van der Waals surface area contributed by atoms with Crippen molar-refractivity contribution in [2.75, 3.05) is 20.1 Å². The average molecular weight is 283 g/mol. The van der Waals surface area contributed by atoms with E-state index in [4.69, 9.17) is 0 Å². The summed E-state index contributed by atoms with van der Waals surface area (Å²) >= 11 is 0. The molecule has 3 nitrogen and oxygen atoms in total. The van der Waals surface area contributed by atoms with Crippen molar-refractivity contribution in [1.82, 2.24) is 10.2 Å². The predicted molar refractivity (Wildman–Crippen MR) is 80.7 cm³/mol. The van der Waals surface area contributed by atoms with Crippen LogP contribution in [0, 0.1) is 0 Å². The van der Waals surface area contributed by atoms with Crippen LogP contribution in [0.2, 0.25) is 0 Å². The number of hydrogen-bond acceptors (Lipinski definition) is 2. The first-order chi connectivity index (χ1) is 8.77. The van der Waals surface area contributed by atoms with Gasteiger partial charge in [0.15, 0.2) is 0 Å². The van der Waals surface area contributed by atoms with Crippen LogP contribution in [0.15, 0.2) is 30.3 Å². The lowest BCUT2D eigenvalue weighted by Gasteiger charge is -2.27. The number of nitrogens with one attached hydrogen (secondary N) is 1. The van der Waals surface area contributed by atoms with Crippen LogP contribution >= 0.6 is 12.4 Å². The van der Waals surface area contributed by atoms with Gasteiger partial charge in [0.05, 0.1) is 6.04 Å². The Bertz CT molecular complexity index is 377. The third kappa shape index (κ3) is 4.84. The molecule has 0 bridgehead atoms. The zero-order chi connectivity index (χ0) is 12.8. The Morgan fingerprint density at radius 1 is 1.32 bits per heavy atom. The summed E-state index contributed by atoms with van der Waals surface area (Å²) in [6.07, 6.45) is 4.26. The summed E-state index contributed by atoms with van der Waals surface area (Å²) in [5, 5.41) is 3.31. The third-order valence-electron chi connectivity index (χ3n) is 3.56. The number of amides is 1. The van der Waals surface area contributed by atoms with Gasteiger partial charge in [-0.25, -0.2) is 0 Å². The molecule has 4 heteroatoms. The molecular weight excluding hydrogens is 260 g/mol. The molecular formula is C15H23ClN2O. The number of carbonyl (C=O) groups excluding carboxylic acids is 1. The summed E-state index contributed by atoms with van der Waals surface area (Å²) in [6, 6.07) is 10.4. The van der Waals surface area contributed by atoms with Gasteiger partial charge in [0.25, 0.3) is 0 Å². The van der Waals surface area contributed by atoms with Crippen molar-refractivity contribution in [3.8, 4) is 0 Å². The van der Waals surface area contributed by atoms with Crippen LogP contribution < -0.4 is 5.32 Å². The summed E-state index contributed by atoms with van der Waals surface area (Å²) < 4.78 is 0. The SMILES string of the molecule is CN(CCc1ccccc1)C(=O)[C@H]1CCCCN1.Cl. The first-order valence-corrected chi connectivity index (χ1v) is 6.79. The molecule has 1 N–H and O–H groups in total. The van der Waals surface area contributed by atoms with Crippen LogP contribution in [0.5, 0.6) is 0 Å². The van der Waals surface area contributed by atoms with Gasteiger partial charge in [-0.1, -0.05) is 36.8 Å². The van der Waals surface area contributed by atoms with Crippen molar-refractivity contribution in [3.63, 3.8) is 0 Å². The maximum atomic E-state index is 12.2. The molecule has 0 unspecified atom stereocenters. The Hall–Kier alpha value is -1.06. The first-order valence-electron chi connectivity index (χ1n) is 6.79. The van der Waals surface area contributed by atoms with E-state index in [1.54, 1.807) is 0 Å². The number of rotatable bonds is 4. The predicted octanol–water partition coefficient (Wildman–Crippen LogP) is 2.25. The lowest BCUT2D eigenvalue weighted by atomic mass is 10.0. The minimum Gasteiger partial charge on any atom is -0.344 e. The van der Waals surface area contributed by atoms with E-state index in [0.29, 0.717) is 0 Å². The molecule has 0 saturated carbocycles. The lowest BCUT2D eigenvalue weighted by molar-refractivity contribution is -0.132. The summed E-state index contributed by atoms with van der Waals surface area (Å²) in [4.78, 5) is 14.0. The van der Waals surface area contributed by atoms with E-state index in [-0.39, 0.29) is 24.4 Å². The third-order valence-corrected chi connectivity index (χ3v) is 3.56. The van der Waals surface area contributed by atoms with E-state index in [2.05, 4.69) is 17.4 Å². The molecule has 1 aliphatic rings. The zero-order valence-corrected chi connectivity index (χ0v) is 12.3. The van der Waals surface area contributed by atoms with E-state index < -0.39 is 0 Å². The second kappa shape index (κ2) is 8.18. The largest absolute Gasteiger partial charge is 0.344 e. The second-order valence-electron chi connectivity index (χ2n) is 5.00. The summed E-state index contributed by atoms with van der Waals surface area (Å²) in [7, 11) is 1.90. The molecule has 0 radical (unpaired) electrons. The van der Waals surface area contributed by atoms with E-state index in [1.807, 2.05) is 30.1 Å². The van der Waals surface area contributed by atoms with Crippen molar-refractivity contribution in [1.29, 1.82) is 0 Å². The maximum Gasteiger partial charge on any atom is 0.239 e. The van der Waals surface area contributed by atoms with Crippen LogP contribution in [-0.2, 0) is 11.2 Å². The van der Waals surface area contributed by atoms with Gasteiger partial charge in [0, 0.05) is 13.6 Å². The van der Waals surface area contributed by atoms with Crippen LogP contribution in [0.4, 0.5) is 0 Å². The molecule has 19 heavy (non-hydrogen) atoms. The molecule has 1 amide bonds. The number of hydrogen-bond donors (Lipinski definition) is 1. The van der Waals surface area contributed by atoms with Crippen molar-refractivity contribution in [2.24, 2.45) is 0 Å². The highest BCUT2D eigenvalue weighted by Crippen LogP contribution is 2.09. The molecule has 106 valence electrons. The molecule has 1 atom stereocenters. The average Bonchev–Trinajstić information content (AvgIpc) is 2.46. The first kappa shape index (κ1) is 16.0. The fraction of sp³-hybridized carbons (Fsp3) is 0.533. The van der Waals surface area contributed by atoms with Gasteiger partial charge >= 0.3 is 0 Å². The molecule has 0 spiro atoms. The van der Waals surface area contributed by atoms with Crippen molar-refractivity contribution in [3.05, 3.63) is 35.9 Å². The monoisotopic (exact) mass is 282 g/mol. The van der Waals surface area contributed by atoms with Crippen molar-refractivity contribution in [2.45, 2.75) is 31.7 Å². The van der Waals surface area contributed by atoms with Crippen molar-refractivity contribution < 1.29 is 4.79 Å². The smallest absolute Gasteiger partial charge is 0.239 e. The molecule has 1 aromatic rings. The zero-order valence-electron chi connectivity index (χ0n) is 11.5. The van der Waals surface area contributed by atoms with Gasteiger partial charge in [-0.2, -0.15) is 0 Å². The fourth-order valence-corrected chi connectivity index (χ4v) is 2.38. The Morgan fingerprint density at radius 3 is 2.68 bits per heavy atom. The Kier molecular flexibility index (Phi) is 6.89. The van der Waals surface area contributed by atoms with E-state index in [1.165, 1.54) is 12.0 Å². The summed E-state index contributed by atoms with van der Waals surface area (Å²) in [5.41, 5.74) is 1.29. The van der Waals surface area contributed by atoms with Crippen LogP contribution in [0.3, 0.4) is 0 Å². The lowest BCUT2D eigenvalue weighted by Crippen LogP contribution is -2.47. The second-order valence-corrected chi connectivity index (χ2v) is 5.00. The highest BCUT2D eigenvalue weighted by molar-refractivity contribution is 5.85. The van der Waals surface area contributed by atoms with Gasteiger partial charge in [0.2, 0.25) is 5.91 Å². The van der Waals surface area contributed by atoms with Crippen LogP contribution in [-0.4, -0.2) is 37.0 Å². The molecule has 2 rings (SSSR count). The highest BCUT2D eigenvalue weighted by Gasteiger charge is 2.23. The van der Waals surface area contributed by atoms with Crippen LogP contribution in [0.25, 0.3) is 0 Å². The Labute approximate surface area is 121 Å². The molecule has 1 heterocycles. The van der Waals surface area contributed by atoms with Gasteiger partial charge in [0.1, 0.15) is 0 Å². The number of likely N-dealkylation sites (N-methyl/N-ethyl adjacent to an activating group) is 1. The Balaban J connectivity index is 0.00000180. The molecule has 1 aliphatic heterocycles. The topological polar surface area (TPSA) is 32.3 Å². The van der Waals surface area contributed by atoms with Gasteiger partial charge in [-0.05, 0) is 31.4 Å². The van der Waals surface area contributed by atoms with E-state index in [0.717, 1.165) is 32.4 Å². The number of nitrogens with zero attached hydrogens (tertiary/aromatic N) is 1. The quantitative estimate of drug-likeness (QED) is 0.919. The van der Waals surface area contributed by atoms with E-state index >= 15 is 0 Å². The van der Waals surface area contributed by atoms with Crippen molar-refractivity contribution >= 4 is 18.3 Å². The Morgan fingerprint density at radius 2 is 2.05 bits per heavy atom. The molecule has 0 aromatic heterocycles. The molecule has 0 aliphatic carbocycles. The normalized spacial score (nSPS) is 18.5. The van der Waals surface area contributed by atoms with E-state index in [9.17, 15) is 4.79 Å². The van der Waals surface area contributed by atoms with Gasteiger partial charge < -0.3 is 10.2 Å². The number of benzene rings is 1. The number of carbonyl (C=O) groups is 1.